The van der Waals surface area contributed by atoms with Gasteiger partial charge in [0.15, 0.2) is 0 Å². The van der Waals surface area contributed by atoms with Crippen LogP contribution in [0.5, 0.6) is 0 Å². The van der Waals surface area contributed by atoms with Gasteiger partial charge in [-0.25, -0.2) is 9.78 Å². The maximum atomic E-state index is 10.9. The molecule has 0 aliphatic carbocycles. The number of ether oxygens (including phenoxy) is 1. The molecule has 4 nitrogen and oxygen atoms in total. The molecule has 0 spiro atoms. The van der Waals surface area contributed by atoms with Crippen LogP contribution >= 0.6 is 0 Å². The molecule has 0 bridgehead atoms. The molecule has 1 amide bonds. The van der Waals surface area contributed by atoms with E-state index in [0.717, 1.165) is 11.1 Å². The number of carbonyl (C=O) groups is 1. The minimum absolute atomic E-state index is 0.0590. The van der Waals surface area contributed by atoms with Gasteiger partial charge in [0.1, 0.15) is 12.4 Å². The van der Waals surface area contributed by atoms with E-state index < -0.39 is 6.09 Å². The summed E-state index contributed by atoms with van der Waals surface area (Å²) in [5.41, 5.74) is 2.13. The highest BCUT2D eigenvalue weighted by molar-refractivity contribution is 5.86. The van der Waals surface area contributed by atoms with E-state index in [1.54, 1.807) is 6.20 Å². The van der Waals surface area contributed by atoms with Crippen LogP contribution in [0, 0.1) is 0 Å². The largest absolute Gasteiger partial charge is 0.444 e. The molecule has 1 N–H and O–H groups in total. The number of hydrogen-bond acceptors (Lipinski definition) is 3. The third-order valence-corrected chi connectivity index (χ3v) is 2.41. The Morgan fingerprint density at radius 3 is 2.87 bits per heavy atom. The first-order valence-corrected chi connectivity index (χ1v) is 4.90. The first kappa shape index (κ1) is 9.96. The van der Waals surface area contributed by atoms with Crippen LogP contribution in [0.1, 0.15) is 31.9 Å². The molecule has 4 heteroatoms. The second kappa shape index (κ2) is 3.22. The molecule has 0 saturated carbocycles. The predicted octanol–water partition coefficient (Wildman–Crippen LogP) is 2.44. The fourth-order valence-electron chi connectivity index (χ4n) is 1.42. The van der Waals surface area contributed by atoms with Crippen molar-refractivity contribution < 1.29 is 9.53 Å². The summed E-state index contributed by atoms with van der Waals surface area (Å²) >= 11 is 0. The summed E-state index contributed by atoms with van der Waals surface area (Å²) in [7, 11) is 0. The monoisotopic (exact) mass is 206 g/mol. The number of cyclic esters (lactones) is 1. The second-order valence-corrected chi connectivity index (χ2v) is 4.68. The van der Waals surface area contributed by atoms with Crippen LogP contribution in [0.3, 0.4) is 0 Å². The van der Waals surface area contributed by atoms with Crippen molar-refractivity contribution in [2.75, 3.05) is 5.32 Å². The highest BCUT2D eigenvalue weighted by atomic mass is 16.5. The Bertz CT molecular complexity index is 408. The van der Waals surface area contributed by atoms with Crippen molar-refractivity contribution in [2.45, 2.75) is 32.8 Å². The van der Waals surface area contributed by atoms with E-state index in [2.05, 4.69) is 31.1 Å². The zero-order valence-corrected chi connectivity index (χ0v) is 9.13. The third kappa shape index (κ3) is 1.93. The van der Waals surface area contributed by atoms with Gasteiger partial charge in [0.05, 0.1) is 0 Å². The van der Waals surface area contributed by atoms with Gasteiger partial charge in [0.2, 0.25) is 0 Å². The van der Waals surface area contributed by atoms with Gasteiger partial charge in [-0.2, -0.15) is 0 Å². The number of nitrogens with one attached hydrogen (secondary N) is 1. The normalized spacial score (nSPS) is 15.3. The molecule has 1 aromatic heterocycles. The van der Waals surface area contributed by atoms with Gasteiger partial charge in [-0.05, 0) is 17.0 Å². The smallest absolute Gasteiger partial charge is 0.413 e. The lowest BCUT2D eigenvalue weighted by Crippen LogP contribution is -2.22. The standard InChI is InChI=1S/C11H14N2O2/c1-11(2,3)8-4-7-6-15-10(14)13-9(7)12-5-8/h4-5H,6H2,1-3H3,(H,12,13,14). The van der Waals surface area contributed by atoms with E-state index in [0.29, 0.717) is 12.4 Å². The Hall–Kier alpha value is -1.58. The lowest BCUT2D eigenvalue weighted by atomic mass is 9.87. The first-order valence-electron chi connectivity index (χ1n) is 4.90. The average molecular weight is 206 g/mol. The van der Waals surface area contributed by atoms with E-state index in [4.69, 9.17) is 4.74 Å². The number of hydrogen-bond donors (Lipinski definition) is 1. The maximum absolute atomic E-state index is 10.9. The molecule has 0 atom stereocenters. The van der Waals surface area contributed by atoms with Crippen molar-refractivity contribution in [3.8, 4) is 0 Å². The predicted molar refractivity (Wildman–Crippen MR) is 56.7 cm³/mol. The molecule has 1 aromatic rings. The van der Waals surface area contributed by atoms with Crippen molar-refractivity contribution in [1.29, 1.82) is 0 Å². The Kier molecular flexibility index (Phi) is 2.14. The van der Waals surface area contributed by atoms with E-state index in [-0.39, 0.29) is 5.41 Å². The number of nitrogens with zero attached hydrogens (tertiary/aromatic N) is 1. The Labute approximate surface area is 88.7 Å². The molecular weight excluding hydrogens is 192 g/mol. The van der Waals surface area contributed by atoms with Crippen LogP contribution < -0.4 is 5.32 Å². The summed E-state index contributed by atoms with van der Waals surface area (Å²) in [6, 6.07) is 2.03. The van der Waals surface area contributed by atoms with E-state index >= 15 is 0 Å². The van der Waals surface area contributed by atoms with Crippen LogP contribution in [0.2, 0.25) is 0 Å². The number of fused-ring (bicyclic) bond motifs is 1. The number of amides is 1. The summed E-state index contributed by atoms with van der Waals surface area (Å²) in [6.45, 7) is 6.67. The fourth-order valence-corrected chi connectivity index (χ4v) is 1.42. The summed E-state index contributed by atoms with van der Waals surface area (Å²) < 4.78 is 4.88. The molecule has 15 heavy (non-hydrogen) atoms. The Morgan fingerprint density at radius 1 is 1.47 bits per heavy atom. The SMILES string of the molecule is CC(C)(C)c1cnc2c(c1)COC(=O)N2. The third-order valence-electron chi connectivity index (χ3n) is 2.41. The van der Waals surface area contributed by atoms with Gasteiger partial charge in [0.25, 0.3) is 0 Å². The van der Waals surface area contributed by atoms with Gasteiger partial charge in [-0.1, -0.05) is 20.8 Å². The summed E-state index contributed by atoms with van der Waals surface area (Å²) in [4.78, 5) is 15.2. The van der Waals surface area contributed by atoms with E-state index in [1.807, 2.05) is 6.07 Å². The van der Waals surface area contributed by atoms with Crippen molar-refractivity contribution in [2.24, 2.45) is 0 Å². The number of pyridine rings is 1. The van der Waals surface area contributed by atoms with Crippen LogP contribution in [0.15, 0.2) is 12.3 Å². The van der Waals surface area contributed by atoms with Crippen LogP contribution in [-0.2, 0) is 16.8 Å². The van der Waals surface area contributed by atoms with Gasteiger partial charge >= 0.3 is 6.09 Å². The minimum atomic E-state index is -0.432. The lowest BCUT2D eigenvalue weighted by molar-refractivity contribution is 0.151. The van der Waals surface area contributed by atoms with Gasteiger partial charge < -0.3 is 4.74 Å². The van der Waals surface area contributed by atoms with Crippen LogP contribution in [-0.4, -0.2) is 11.1 Å². The molecule has 1 aliphatic rings. The van der Waals surface area contributed by atoms with Crippen LogP contribution in [0.4, 0.5) is 10.6 Å². The summed E-state index contributed by atoms with van der Waals surface area (Å²) in [5, 5.41) is 2.57. The van der Waals surface area contributed by atoms with E-state index in [1.165, 1.54) is 0 Å². The molecule has 0 saturated heterocycles. The Balaban J connectivity index is 2.39. The topological polar surface area (TPSA) is 51.2 Å². The number of anilines is 1. The van der Waals surface area contributed by atoms with E-state index in [9.17, 15) is 4.79 Å². The molecule has 0 radical (unpaired) electrons. The number of aromatic nitrogens is 1. The number of rotatable bonds is 0. The van der Waals surface area contributed by atoms with Gasteiger partial charge in [0, 0.05) is 11.8 Å². The van der Waals surface area contributed by atoms with Crippen LogP contribution in [0.25, 0.3) is 0 Å². The fraction of sp³-hybridized carbons (Fsp3) is 0.455. The zero-order valence-electron chi connectivity index (χ0n) is 9.13. The molecule has 80 valence electrons. The van der Waals surface area contributed by atoms with Gasteiger partial charge in [-0.3, -0.25) is 5.32 Å². The van der Waals surface area contributed by atoms with Gasteiger partial charge in [-0.15, -0.1) is 0 Å². The van der Waals surface area contributed by atoms with Crippen molar-refractivity contribution >= 4 is 11.9 Å². The molecule has 1 aliphatic heterocycles. The summed E-state index contributed by atoms with van der Waals surface area (Å²) in [5.74, 6) is 0.610. The molecule has 2 heterocycles. The zero-order chi connectivity index (χ0) is 11.1. The Morgan fingerprint density at radius 2 is 2.20 bits per heavy atom. The van der Waals surface area contributed by atoms with Crippen molar-refractivity contribution in [1.82, 2.24) is 4.98 Å². The highest BCUT2D eigenvalue weighted by Gasteiger charge is 2.20. The average Bonchev–Trinajstić information content (AvgIpc) is 2.15. The molecule has 0 unspecified atom stereocenters. The molecule has 0 aromatic carbocycles. The first-order chi connectivity index (χ1) is 6.97. The number of carbonyl (C=O) groups excluding carboxylic acids is 1. The maximum Gasteiger partial charge on any atom is 0.413 e. The quantitative estimate of drug-likeness (QED) is 0.709. The van der Waals surface area contributed by atoms with Crippen molar-refractivity contribution in [3.63, 3.8) is 0 Å². The molecule has 2 rings (SSSR count). The summed E-state index contributed by atoms with van der Waals surface area (Å²) in [6.07, 6.45) is 1.36. The molecule has 0 fully saturated rings. The second-order valence-electron chi connectivity index (χ2n) is 4.68. The van der Waals surface area contributed by atoms with Crippen molar-refractivity contribution in [3.05, 3.63) is 23.4 Å². The lowest BCUT2D eigenvalue weighted by Gasteiger charge is -2.22. The highest BCUT2D eigenvalue weighted by Crippen LogP contribution is 2.26. The minimum Gasteiger partial charge on any atom is -0.444 e. The molecular formula is C11H14N2O2.